The van der Waals surface area contributed by atoms with Crippen molar-refractivity contribution in [3.05, 3.63) is 54.6 Å². The van der Waals surface area contributed by atoms with Crippen molar-refractivity contribution in [3.63, 3.8) is 0 Å². The van der Waals surface area contributed by atoms with Gasteiger partial charge in [-0.2, -0.15) is 0 Å². The second kappa shape index (κ2) is 7.43. The SMILES string of the molecule is CCCCC(Nc1ccccc1)Oc1ccc(N)cc1. The minimum Gasteiger partial charge on any atom is -0.471 e. The third-order valence-electron chi connectivity index (χ3n) is 3.08. The van der Waals surface area contributed by atoms with Crippen LogP contribution in [0.2, 0.25) is 0 Å². The fraction of sp³-hybridized carbons (Fsp3) is 0.294. The molecular weight excluding hydrogens is 248 g/mol. The molecule has 106 valence electrons. The lowest BCUT2D eigenvalue weighted by Crippen LogP contribution is -2.26. The number of benzene rings is 2. The van der Waals surface area contributed by atoms with Gasteiger partial charge in [-0.1, -0.05) is 31.5 Å². The maximum atomic E-state index is 6.01. The Balaban J connectivity index is 2.01. The largest absolute Gasteiger partial charge is 0.471 e. The topological polar surface area (TPSA) is 47.3 Å². The number of para-hydroxylation sites is 1. The molecule has 0 aliphatic heterocycles. The number of nitrogens with two attached hydrogens (primary N) is 1. The number of hydrogen-bond donors (Lipinski definition) is 2. The molecule has 0 amide bonds. The lowest BCUT2D eigenvalue weighted by atomic mass is 10.2. The molecule has 2 rings (SSSR count). The molecule has 2 aromatic rings. The third-order valence-corrected chi connectivity index (χ3v) is 3.08. The quantitative estimate of drug-likeness (QED) is 0.583. The summed E-state index contributed by atoms with van der Waals surface area (Å²) in [4.78, 5) is 0. The minimum absolute atomic E-state index is 0.0269. The Kier molecular flexibility index (Phi) is 5.30. The monoisotopic (exact) mass is 270 g/mol. The van der Waals surface area contributed by atoms with Crippen molar-refractivity contribution in [1.82, 2.24) is 0 Å². The van der Waals surface area contributed by atoms with E-state index in [0.29, 0.717) is 0 Å². The first-order valence-electron chi connectivity index (χ1n) is 7.11. The van der Waals surface area contributed by atoms with E-state index >= 15 is 0 Å². The highest BCUT2D eigenvalue weighted by Crippen LogP contribution is 2.18. The van der Waals surface area contributed by atoms with Crippen molar-refractivity contribution in [2.75, 3.05) is 11.1 Å². The van der Waals surface area contributed by atoms with Crippen LogP contribution in [0.15, 0.2) is 54.6 Å². The highest BCUT2D eigenvalue weighted by atomic mass is 16.5. The van der Waals surface area contributed by atoms with E-state index in [4.69, 9.17) is 10.5 Å². The van der Waals surface area contributed by atoms with Crippen LogP contribution in [0.1, 0.15) is 26.2 Å². The number of anilines is 2. The molecule has 0 heterocycles. The Hall–Kier alpha value is -2.16. The van der Waals surface area contributed by atoms with Crippen LogP contribution in [0, 0.1) is 0 Å². The van der Waals surface area contributed by atoms with Gasteiger partial charge in [-0.15, -0.1) is 0 Å². The molecule has 0 spiro atoms. The zero-order valence-corrected chi connectivity index (χ0v) is 11.9. The first-order chi connectivity index (χ1) is 9.78. The zero-order chi connectivity index (χ0) is 14.2. The summed E-state index contributed by atoms with van der Waals surface area (Å²) in [5, 5.41) is 3.42. The first kappa shape index (κ1) is 14.3. The summed E-state index contributed by atoms with van der Waals surface area (Å²) in [5.74, 6) is 0.837. The van der Waals surface area contributed by atoms with E-state index in [1.807, 2.05) is 54.6 Å². The van der Waals surface area contributed by atoms with Gasteiger partial charge in [0, 0.05) is 17.8 Å². The van der Waals surface area contributed by atoms with E-state index in [9.17, 15) is 0 Å². The Labute approximate surface area is 120 Å². The number of hydrogen-bond acceptors (Lipinski definition) is 3. The van der Waals surface area contributed by atoms with Crippen LogP contribution < -0.4 is 15.8 Å². The summed E-state index contributed by atoms with van der Waals surface area (Å²) >= 11 is 0. The van der Waals surface area contributed by atoms with Gasteiger partial charge in [-0.05, 0) is 42.8 Å². The maximum absolute atomic E-state index is 6.01. The standard InChI is InChI=1S/C17H22N2O/c1-2-3-9-17(19-15-7-5-4-6-8-15)20-16-12-10-14(18)11-13-16/h4-8,10-13,17,19H,2-3,9,18H2,1H3. The van der Waals surface area contributed by atoms with Gasteiger partial charge in [0.1, 0.15) is 5.75 Å². The average molecular weight is 270 g/mol. The molecule has 0 aliphatic rings. The van der Waals surface area contributed by atoms with Crippen LogP contribution in [0.5, 0.6) is 5.75 Å². The highest BCUT2D eigenvalue weighted by Gasteiger charge is 2.09. The van der Waals surface area contributed by atoms with Gasteiger partial charge in [-0.25, -0.2) is 0 Å². The predicted molar refractivity (Wildman–Crippen MR) is 84.9 cm³/mol. The number of ether oxygens (including phenoxy) is 1. The second-order valence-corrected chi connectivity index (χ2v) is 4.83. The lowest BCUT2D eigenvalue weighted by Gasteiger charge is -2.21. The molecule has 0 radical (unpaired) electrons. The molecule has 3 heteroatoms. The van der Waals surface area contributed by atoms with Gasteiger partial charge < -0.3 is 15.8 Å². The summed E-state index contributed by atoms with van der Waals surface area (Å²) in [6, 6.07) is 17.7. The van der Waals surface area contributed by atoms with Crippen molar-refractivity contribution in [2.45, 2.75) is 32.4 Å². The van der Waals surface area contributed by atoms with Crippen molar-refractivity contribution in [1.29, 1.82) is 0 Å². The van der Waals surface area contributed by atoms with Crippen molar-refractivity contribution in [3.8, 4) is 5.75 Å². The summed E-state index contributed by atoms with van der Waals surface area (Å²) in [5.41, 5.74) is 7.51. The molecular formula is C17H22N2O. The smallest absolute Gasteiger partial charge is 0.169 e. The summed E-state index contributed by atoms with van der Waals surface area (Å²) in [6.45, 7) is 2.18. The lowest BCUT2D eigenvalue weighted by molar-refractivity contribution is 0.216. The van der Waals surface area contributed by atoms with Crippen LogP contribution in [0.4, 0.5) is 11.4 Å². The zero-order valence-electron chi connectivity index (χ0n) is 11.9. The number of nitrogen functional groups attached to an aromatic ring is 1. The van der Waals surface area contributed by atoms with Crippen molar-refractivity contribution >= 4 is 11.4 Å². The van der Waals surface area contributed by atoms with E-state index in [2.05, 4.69) is 12.2 Å². The second-order valence-electron chi connectivity index (χ2n) is 4.83. The van der Waals surface area contributed by atoms with Crippen LogP contribution in [0.25, 0.3) is 0 Å². The minimum atomic E-state index is -0.0269. The molecule has 1 atom stereocenters. The van der Waals surface area contributed by atoms with Crippen molar-refractivity contribution < 1.29 is 4.74 Å². The predicted octanol–water partition coefficient (Wildman–Crippen LogP) is 4.28. The van der Waals surface area contributed by atoms with E-state index in [0.717, 1.165) is 36.4 Å². The van der Waals surface area contributed by atoms with Gasteiger partial charge in [0.2, 0.25) is 0 Å². The van der Waals surface area contributed by atoms with E-state index < -0.39 is 0 Å². The number of rotatable bonds is 7. The molecule has 0 aromatic heterocycles. The molecule has 20 heavy (non-hydrogen) atoms. The summed E-state index contributed by atoms with van der Waals surface area (Å²) < 4.78 is 6.01. The Morgan fingerprint density at radius 3 is 2.40 bits per heavy atom. The van der Waals surface area contributed by atoms with E-state index in [-0.39, 0.29) is 6.23 Å². The highest BCUT2D eigenvalue weighted by molar-refractivity contribution is 5.44. The third kappa shape index (κ3) is 4.50. The van der Waals surface area contributed by atoms with Crippen LogP contribution in [-0.2, 0) is 0 Å². The van der Waals surface area contributed by atoms with Crippen molar-refractivity contribution in [2.24, 2.45) is 0 Å². The van der Waals surface area contributed by atoms with Gasteiger partial charge >= 0.3 is 0 Å². The molecule has 0 fully saturated rings. The van der Waals surface area contributed by atoms with Crippen LogP contribution in [-0.4, -0.2) is 6.23 Å². The molecule has 0 saturated carbocycles. The van der Waals surface area contributed by atoms with Crippen LogP contribution >= 0.6 is 0 Å². The Bertz CT molecular complexity index is 496. The Morgan fingerprint density at radius 1 is 1.05 bits per heavy atom. The summed E-state index contributed by atoms with van der Waals surface area (Å²) in [7, 11) is 0. The number of nitrogens with one attached hydrogen (secondary N) is 1. The molecule has 3 N–H and O–H groups in total. The maximum Gasteiger partial charge on any atom is 0.169 e. The molecule has 0 aliphatic carbocycles. The van der Waals surface area contributed by atoms with Gasteiger partial charge in [0.25, 0.3) is 0 Å². The molecule has 0 bridgehead atoms. The molecule has 3 nitrogen and oxygen atoms in total. The van der Waals surface area contributed by atoms with Gasteiger partial charge in [0.05, 0.1) is 0 Å². The fourth-order valence-electron chi connectivity index (χ4n) is 1.98. The normalized spacial score (nSPS) is 11.8. The Morgan fingerprint density at radius 2 is 1.75 bits per heavy atom. The fourth-order valence-corrected chi connectivity index (χ4v) is 1.98. The molecule has 2 aromatic carbocycles. The molecule has 1 unspecified atom stereocenters. The van der Waals surface area contributed by atoms with E-state index in [1.165, 1.54) is 0 Å². The van der Waals surface area contributed by atoms with Gasteiger partial charge in [0.15, 0.2) is 6.23 Å². The van der Waals surface area contributed by atoms with Gasteiger partial charge in [-0.3, -0.25) is 0 Å². The number of unbranched alkanes of at least 4 members (excludes halogenated alkanes) is 1. The molecule has 0 saturated heterocycles. The summed E-state index contributed by atoms with van der Waals surface area (Å²) in [6.07, 6.45) is 3.22. The average Bonchev–Trinajstić information content (AvgIpc) is 2.48. The van der Waals surface area contributed by atoms with E-state index in [1.54, 1.807) is 0 Å². The van der Waals surface area contributed by atoms with Crippen LogP contribution in [0.3, 0.4) is 0 Å². The first-order valence-corrected chi connectivity index (χ1v) is 7.11.